The van der Waals surface area contributed by atoms with Gasteiger partial charge in [-0.2, -0.15) is 13.2 Å². The molecule has 19 heavy (non-hydrogen) atoms. The molecule has 0 aliphatic rings. The monoisotopic (exact) mass is 279 g/mol. The van der Waals surface area contributed by atoms with Crippen molar-refractivity contribution in [1.29, 1.82) is 0 Å². The summed E-state index contributed by atoms with van der Waals surface area (Å²) in [6.45, 7) is 3.56. The zero-order chi connectivity index (χ0) is 14.3. The molecule has 1 N–H and O–H groups in total. The van der Waals surface area contributed by atoms with E-state index in [1.165, 1.54) is 0 Å². The third kappa shape index (κ3) is 6.47. The largest absolute Gasteiger partial charge is 0.389 e. The summed E-state index contributed by atoms with van der Waals surface area (Å²) in [5, 5.41) is 3.10. The first-order chi connectivity index (χ1) is 8.92. The van der Waals surface area contributed by atoms with Gasteiger partial charge < -0.3 is 14.6 Å². The van der Waals surface area contributed by atoms with Crippen LogP contribution in [0.25, 0.3) is 0 Å². The molecule has 7 heteroatoms. The molecule has 110 valence electrons. The molecule has 0 aliphatic carbocycles. The van der Waals surface area contributed by atoms with Gasteiger partial charge >= 0.3 is 6.18 Å². The number of unbranched alkanes of at least 4 members (excludes halogenated alkanes) is 1. The van der Waals surface area contributed by atoms with Crippen molar-refractivity contribution in [3.8, 4) is 0 Å². The van der Waals surface area contributed by atoms with Gasteiger partial charge in [0.2, 0.25) is 5.95 Å². The predicted octanol–water partition coefficient (Wildman–Crippen LogP) is 2.98. The Morgan fingerprint density at radius 1 is 1.37 bits per heavy atom. The van der Waals surface area contributed by atoms with E-state index in [1.54, 1.807) is 7.11 Å². The number of nitrogens with one attached hydrogen (secondary N) is 1. The Bertz CT molecular complexity index is 377. The molecular weight excluding hydrogens is 259 g/mol. The second-order valence-electron chi connectivity index (χ2n) is 4.39. The number of anilines is 1. The number of alkyl halides is 3. The van der Waals surface area contributed by atoms with Crippen LogP contribution in [-0.4, -0.2) is 36.0 Å². The maximum absolute atomic E-state index is 12.0. The molecule has 4 nitrogen and oxygen atoms in total. The van der Waals surface area contributed by atoms with Crippen LogP contribution in [0.4, 0.5) is 19.1 Å². The Kier molecular flexibility index (Phi) is 6.14. The number of halogens is 3. The van der Waals surface area contributed by atoms with Crippen LogP contribution in [0.3, 0.4) is 0 Å². The van der Waals surface area contributed by atoms with Crippen LogP contribution in [-0.2, 0) is 11.3 Å². The van der Waals surface area contributed by atoms with Gasteiger partial charge in [0.05, 0.1) is 12.3 Å². The molecule has 1 rings (SSSR count). The van der Waals surface area contributed by atoms with Crippen LogP contribution in [0.15, 0.2) is 6.20 Å². The highest BCUT2D eigenvalue weighted by Crippen LogP contribution is 2.22. The minimum atomic E-state index is -4.07. The third-order valence-corrected chi connectivity index (χ3v) is 2.60. The minimum Gasteiger partial charge on any atom is -0.383 e. The molecule has 1 aromatic rings. The summed E-state index contributed by atoms with van der Waals surface area (Å²) in [7, 11) is 1.61. The fourth-order valence-corrected chi connectivity index (χ4v) is 1.73. The smallest absolute Gasteiger partial charge is 0.383 e. The van der Waals surface area contributed by atoms with E-state index in [4.69, 9.17) is 4.74 Å². The molecule has 0 atom stereocenters. The Labute approximate surface area is 111 Å². The molecule has 1 aromatic heterocycles. The van der Waals surface area contributed by atoms with E-state index < -0.39 is 12.6 Å². The van der Waals surface area contributed by atoms with Gasteiger partial charge in [-0.15, -0.1) is 0 Å². The molecule has 0 aliphatic heterocycles. The highest BCUT2D eigenvalue weighted by Gasteiger charge is 2.25. The Balaban J connectivity index is 2.39. The second kappa shape index (κ2) is 7.37. The number of imidazole rings is 1. The maximum atomic E-state index is 12.0. The summed E-state index contributed by atoms with van der Waals surface area (Å²) in [4.78, 5) is 4.28. The predicted molar refractivity (Wildman–Crippen MR) is 67.2 cm³/mol. The number of hydrogen-bond donors (Lipinski definition) is 1. The van der Waals surface area contributed by atoms with E-state index in [2.05, 4.69) is 10.3 Å². The van der Waals surface area contributed by atoms with Gasteiger partial charge in [0, 0.05) is 32.8 Å². The molecule has 1 heterocycles. The van der Waals surface area contributed by atoms with Crippen molar-refractivity contribution < 1.29 is 17.9 Å². The van der Waals surface area contributed by atoms with Crippen molar-refractivity contribution in [2.24, 2.45) is 0 Å². The summed E-state index contributed by atoms with van der Waals surface area (Å²) >= 11 is 0. The lowest BCUT2D eigenvalue weighted by Gasteiger charge is -2.10. The van der Waals surface area contributed by atoms with Gasteiger partial charge in [0.1, 0.15) is 0 Å². The van der Waals surface area contributed by atoms with Gasteiger partial charge in [-0.25, -0.2) is 4.98 Å². The fraction of sp³-hybridized carbons (Fsp3) is 0.750. The summed E-state index contributed by atoms with van der Waals surface area (Å²) in [6, 6.07) is 0. The number of rotatable bonds is 8. The van der Waals surface area contributed by atoms with Gasteiger partial charge in [-0.3, -0.25) is 0 Å². The molecule has 0 bridgehead atoms. The van der Waals surface area contributed by atoms with Crippen LogP contribution >= 0.6 is 0 Å². The first-order valence-corrected chi connectivity index (χ1v) is 6.25. The molecule has 0 amide bonds. The second-order valence-corrected chi connectivity index (χ2v) is 4.39. The number of nitrogens with zero attached hydrogens (tertiary/aromatic N) is 2. The average molecular weight is 279 g/mol. The van der Waals surface area contributed by atoms with Gasteiger partial charge in [0.25, 0.3) is 0 Å². The lowest BCUT2D eigenvalue weighted by Crippen LogP contribution is -2.13. The molecule has 0 unspecified atom stereocenters. The summed E-state index contributed by atoms with van der Waals surface area (Å²) in [5.74, 6) is 0.682. The molecular formula is C12H20F3N3O. The number of methoxy groups -OCH3 is 1. The summed E-state index contributed by atoms with van der Waals surface area (Å²) in [5.41, 5.74) is 0.843. The first-order valence-electron chi connectivity index (χ1n) is 6.25. The quantitative estimate of drug-likeness (QED) is 0.744. The highest BCUT2D eigenvalue weighted by molar-refractivity contribution is 5.28. The van der Waals surface area contributed by atoms with Gasteiger partial charge in [-0.05, 0) is 19.8 Å². The Morgan fingerprint density at radius 3 is 2.74 bits per heavy atom. The van der Waals surface area contributed by atoms with Crippen molar-refractivity contribution in [2.45, 2.75) is 38.9 Å². The van der Waals surface area contributed by atoms with Crippen molar-refractivity contribution in [2.75, 3.05) is 25.6 Å². The topological polar surface area (TPSA) is 39.1 Å². The van der Waals surface area contributed by atoms with E-state index in [0.717, 1.165) is 5.69 Å². The van der Waals surface area contributed by atoms with Crippen LogP contribution in [0.5, 0.6) is 0 Å². The number of aryl methyl sites for hydroxylation is 2. The average Bonchev–Trinajstić information content (AvgIpc) is 2.65. The maximum Gasteiger partial charge on any atom is 0.389 e. The number of aromatic nitrogens is 2. The van der Waals surface area contributed by atoms with Crippen molar-refractivity contribution in [1.82, 2.24) is 9.55 Å². The van der Waals surface area contributed by atoms with Gasteiger partial charge in [0.15, 0.2) is 0 Å². The van der Waals surface area contributed by atoms with E-state index in [-0.39, 0.29) is 6.42 Å². The standard InChI is InChI=1S/C12H20F3N3O/c1-10-9-18(7-4-3-5-12(13,14)15)11(17-10)16-6-8-19-2/h9H,3-8H2,1-2H3,(H,16,17). The SMILES string of the molecule is COCCNc1nc(C)cn1CCCCC(F)(F)F. The normalized spacial score (nSPS) is 11.8. The van der Waals surface area contributed by atoms with Crippen LogP contribution in [0.1, 0.15) is 25.0 Å². The van der Waals surface area contributed by atoms with Crippen molar-refractivity contribution in [3.63, 3.8) is 0 Å². The molecule has 0 spiro atoms. The van der Waals surface area contributed by atoms with Crippen molar-refractivity contribution >= 4 is 5.95 Å². The zero-order valence-corrected chi connectivity index (χ0v) is 11.3. The minimum absolute atomic E-state index is 0.137. The molecule has 0 fully saturated rings. The molecule has 0 saturated carbocycles. The first kappa shape index (κ1) is 15.8. The van der Waals surface area contributed by atoms with E-state index in [9.17, 15) is 13.2 Å². The highest BCUT2D eigenvalue weighted by atomic mass is 19.4. The fourth-order valence-electron chi connectivity index (χ4n) is 1.73. The van der Waals surface area contributed by atoms with Crippen LogP contribution in [0.2, 0.25) is 0 Å². The number of ether oxygens (including phenoxy) is 1. The van der Waals surface area contributed by atoms with Crippen LogP contribution < -0.4 is 5.32 Å². The van der Waals surface area contributed by atoms with Crippen molar-refractivity contribution in [3.05, 3.63) is 11.9 Å². The summed E-state index contributed by atoms with van der Waals surface area (Å²) in [6.07, 6.45) is -2.34. The lowest BCUT2D eigenvalue weighted by atomic mass is 10.2. The lowest BCUT2D eigenvalue weighted by molar-refractivity contribution is -0.135. The van der Waals surface area contributed by atoms with Gasteiger partial charge in [-0.1, -0.05) is 0 Å². The molecule has 0 saturated heterocycles. The van der Waals surface area contributed by atoms with E-state index in [1.807, 2.05) is 17.7 Å². The zero-order valence-electron chi connectivity index (χ0n) is 11.3. The Hall–Kier alpha value is -1.24. The number of hydrogen-bond acceptors (Lipinski definition) is 3. The Morgan fingerprint density at radius 2 is 2.11 bits per heavy atom. The van der Waals surface area contributed by atoms with E-state index >= 15 is 0 Å². The summed E-state index contributed by atoms with van der Waals surface area (Å²) < 4.78 is 42.8. The van der Waals surface area contributed by atoms with E-state index in [0.29, 0.717) is 32.1 Å². The third-order valence-electron chi connectivity index (χ3n) is 2.60. The molecule has 0 aromatic carbocycles. The van der Waals surface area contributed by atoms with Crippen LogP contribution in [0, 0.1) is 6.92 Å². The molecule has 0 radical (unpaired) electrons.